The fourth-order valence-corrected chi connectivity index (χ4v) is 4.75. The summed E-state index contributed by atoms with van der Waals surface area (Å²) in [6, 6.07) is 15.3. The molecule has 2 aliphatic heterocycles. The summed E-state index contributed by atoms with van der Waals surface area (Å²) in [6.45, 7) is 2.19. The standard InChI is InChI=1S/C22H22N2O4S/c1-14(22(27)24-12-6-8-15-7-2-4-10-17(15)24)28-20(25)13-19-21(26)23-16-9-3-5-11-18(16)29-19/h2-5,7,9-11,14,19H,6,8,12-13H2,1H3,(H,23,26). The molecule has 2 aliphatic rings. The number of esters is 1. The number of amides is 2. The van der Waals surface area contributed by atoms with Gasteiger partial charge in [-0.15, -0.1) is 11.8 Å². The molecule has 2 aromatic carbocycles. The van der Waals surface area contributed by atoms with Gasteiger partial charge in [-0.1, -0.05) is 30.3 Å². The average molecular weight is 410 g/mol. The lowest BCUT2D eigenvalue weighted by Gasteiger charge is -2.31. The monoisotopic (exact) mass is 410 g/mol. The number of nitrogens with zero attached hydrogens (tertiary/aromatic N) is 1. The van der Waals surface area contributed by atoms with Gasteiger partial charge in [-0.3, -0.25) is 14.4 Å². The molecule has 150 valence electrons. The number of ether oxygens (including phenoxy) is 1. The van der Waals surface area contributed by atoms with Gasteiger partial charge in [0.2, 0.25) is 5.91 Å². The van der Waals surface area contributed by atoms with Crippen molar-refractivity contribution in [1.29, 1.82) is 0 Å². The molecule has 1 N–H and O–H groups in total. The van der Waals surface area contributed by atoms with Gasteiger partial charge < -0.3 is 15.0 Å². The Bertz CT molecular complexity index is 961. The molecule has 7 heteroatoms. The van der Waals surface area contributed by atoms with Crippen LogP contribution in [0, 0.1) is 0 Å². The molecular weight excluding hydrogens is 388 g/mol. The van der Waals surface area contributed by atoms with Gasteiger partial charge in [0.1, 0.15) is 0 Å². The van der Waals surface area contributed by atoms with Crippen LogP contribution >= 0.6 is 11.8 Å². The van der Waals surface area contributed by atoms with Crippen LogP contribution in [0.4, 0.5) is 11.4 Å². The zero-order valence-corrected chi connectivity index (χ0v) is 16.9. The van der Waals surface area contributed by atoms with Gasteiger partial charge in [-0.25, -0.2) is 0 Å². The number of carbonyl (C=O) groups is 3. The third-order valence-electron chi connectivity index (χ3n) is 5.09. The molecular formula is C22H22N2O4S. The van der Waals surface area contributed by atoms with Crippen LogP contribution in [0.3, 0.4) is 0 Å². The highest BCUT2D eigenvalue weighted by atomic mass is 32.2. The minimum Gasteiger partial charge on any atom is -0.452 e. The number of fused-ring (bicyclic) bond motifs is 2. The summed E-state index contributed by atoms with van der Waals surface area (Å²) in [5.41, 5.74) is 2.75. The maximum Gasteiger partial charge on any atom is 0.308 e. The molecule has 0 bridgehead atoms. The molecule has 2 heterocycles. The molecule has 0 saturated heterocycles. The maximum atomic E-state index is 12.9. The van der Waals surface area contributed by atoms with E-state index in [1.165, 1.54) is 11.8 Å². The SMILES string of the molecule is CC(OC(=O)CC1Sc2ccccc2NC1=O)C(=O)N1CCCc2ccccc21. The molecule has 2 unspecified atom stereocenters. The Balaban J connectivity index is 1.38. The van der Waals surface area contributed by atoms with Crippen molar-refractivity contribution in [1.82, 2.24) is 0 Å². The van der Waals surface area contributed by atoms with E-state index in [1.54, 1.807) is 11.8 Å². The largest absolute Gasteiger partial charge is 0.452 e. The minimum atomic E-state index is -0.905. The second kappa shape index (κ2) is 8.29. The molecule has 0 aromatic heterocycles. The predicted molar refractivity (Wildman–Crippen MR) is 112 cm³/mol. The predicted octanol–water partition coefficient (Wildman–Crippen LogP) is 3.40. The lowest BCUT2D eigenvalue weighted by molar-refractivity contribution is -0.154. The summed E-state index contributed by atoms with van der Waals surface area (Å²) in [5, 5.41) is 2.24. The molecule has 0 aliphatic carbocycles. The molecule has 6 nitrogen and oxygen atoms in total. The zero-order chi connectivity index (χ0) is 20.4. The maximum absolute atomic E-state index is 12.9. The summed E-state index contributed by atoms with van der Waals surface area (Å²) in [5.74, 6) is -1.02. The second-order valence-corrected chi connectivity index (χ2v) is 8.39. The Morgan fingerprint density at radius 3 is 2.83 bits per heavy atom. The highest BCUT2D eigenvalue weighted by Gasteiger charge is 2.32. The van der Waals surface area contributed by atoms with Gasteiger partial charge in [0.05, 0.1) is 17.4 Å². The molecule has 0 fully saturated rings. The van der Waals surface area contributed by atoms with Crippen LogP contribution in [0.15, 0.2) is 53.4 Å². The van der Waals surface area contributed by atoms with Gasteiger partial charge in [0.15, 0.2) is 6.10 Å². The van der Waals surface area contributed by atoms with E-state index in [1.807, 2.05) is 48.5 Å². The average Bonchev–Trinajstić information content (AvgIpc) is 2.73. The van der Waals surface area contributed by atoms with Gasteiger partial charge in [0, 0.05) is 17.1 Å². The number of hydrogen-bond acceptors (Lipinski definition) is 5. The number of nitrogens with one attached hydrogen (secondary N) is 1. The highest BCUT2D eigenvalue weighted by molar-refractivity contribution is 8.01. The summed E-state index contributed by atoms with van der Waals surface area (Å²) < 4.78 is 5.40. The van der Waals surface area contributed by atoms with Gasteiger partial charge in [-0.05, 0) is 43.5 Å². The Morgan fingerprint density at radius 2 is 1.97 bits per heavy atom. The first-order chi connectivity index (χ1) is 14.0. The van der Waals surface area contributed by atoms with E-state index in [0.29, 0.717) is 6.54 Å². The first kappa shape index (κ1) is 19.5. The molecule has 0 spiro atoms. The van der Waals surface area contributed by atoms with Crippen molar-refractivity contribution in [3.05, 3.63) is 54.1 Å². The zero-order valence-electron chi connectivity index (χ0n) is 16.1. The van der Waals surface area contributed by atoms with Crippen molar-refractivity contribution in [2.75, 3.05) is 16.8 Å². The minimum absolute atomic E-state index is 0.0843. The van der Waals surface area contributed by atoms with Crippen molar-refractivity contribution in [3.8, 4) is 0 Å². The van der Waals surface area contributed by atoms with Crippen molar-refractivity contribution < 1.29 is 19.1 Å². The third kappa shape index (κ3) is 4.15. The van der Waals surface area contributed by atoms with Gasteiger partial charge >= 0.3 is 5.97 Å². The number of anilines is 2. The van der Waals surface area contributed by atoms with Crippen LogP contribution in [0.5, 0.6) is 0 Å². The normalized spacial score (nSPS) is 18.9. The molecule has 4 rings (SSSR count). The quantitative estimate of drug-likeness (QED) is 0.782. The molecule has 29 heavy (non-hydrogen) atoms. The lowest BCUT2D eigenvalue weighted by atomic mass is 10.0. The van der Waals surface area contributed by atoms with E-state index >= 15 is 0 Å². The van der Waals surface area contributed by atoms with Crippen molar-refractivity contribution in [3.63, 3.8) is 0 Å². The van der Waals surface area contributed by atoms with E-state index in [2.05, 4.69) is 5.32 Å². The molecule has 0 radical (unpaired) electrons. The second-order valence-electron chi connectivity index (χ2n) is 7.15. The number of rotatable bonds is 4. The number of thioether (sulfide) groups is 1. The Hall–Kier alpha value is -2.80. The number of hydrogen-bond donors (Lipinski definition) is 1. The van der Waals surface area contributed by atoms with Crippen molar-refractivity contribution >= 4 is 40.9 Å². The van der Waals surface area contributed by atoms with Crippen LogP contribution in [0.25, 0.3) is 0 Å². The molecule has 2 atom stereocenters. The topological polar surface area (TPSA) is 75.7 Å². The van der Waals surface area contributed by atoms with Crippen LogP contribution in [0.2, 0.25) is 0 Å². The van der Waals surface area contributed by atoms with Crippen LogP contribution in [-0.2, 0) is 25.5 Å². The van der Waals surface area contributed by atoms with Crippen LogP contribution in [-0.4, -0.2) is 35.7 Å². The fraction of sp³-hybridized carbons (Fsp3) is 0.318. The Morgan fingerprint density at radius 1 is 1.21 bits per heavy atom. The number of benzene rings is 2. The smallest absolute Gasteiger partial charge is 0.308 e. The van der Waals surface area contributed by atoms with Crippen molar-refractivity contribution in [2.45, 2.75) is 42.4 Å². The molecule has 2 amide bonds. The first-order valence-electron chi connectivity index (χ1n) is 9.68. The van der Waals surface area contributed by atoms with E-state index in [0.717, 1.165) is 34.7 Å². The summed E-state index contributed by atoms with van der Waals surface area (Å²) >= 11 is 1.34. The van der Waals surface area contributed by atoms with Crippen molar-refractivity contribution in [2.24, 2.45) is 0 Å². The number of carbonyl (C=O) groups excluding carboxylic acids is 3. The summed E-state index contributed by atoms with van der Waals surface area (Å²) in [7, 11) is 0. The Kier molecular flexibility index (Phi) is 5.58. The lowest BCUT2D eigenvalue weighted by Crippen LogP contribution is -2.43. The highest BCUT2D eigenvalue weighted by Crippen LogP contribution is 2.36. The Labute approximate surface area is 173 Å². The summed E-state index contributed by atoms with van der Waals surface area (Å²) in [6.07, 6.45) is 0.822. The van der Waals surface area contributed by atoms with E-state index < -0.39 is 17.3 Å². The first-order valence-corrected chi connectivity index (χ1v) is 10.6. The molecule has 0 saturated carbocycles. The van der Waals surface area contributed by atoms with Crippen LogP contribution < -0.4 is 10.2 Å². The third-order valence-corrected chi connectivity index (χ3v) is 6.37. The van der Waals surface area contributed by atoms with E-state index in [-0.39, 0.29) is 18.2 Å². The van der Waals surface area contributed by atoms with E-state index in [4.69, 9.17) is 4.74 Å². The van der Waals surface area contributed by atoms with Gasteiger partial charge in [0.25, 0.3) is 5.91 Å². The number of para-hydroxylation sites is 2. The number of aryl methyl sites for hydroxylation is 1. The fourth-order valence-electron chi connectivity index (χ4n) is 3.66. The van der Waals surface area contributed by atoms with Crippen LogP contribution in [0.1, 0.15) is 25.3 Å². The van der Waals surface area contributed by atoms with E-state index in [9.17, 15) is 14.4 Å². The molecule has 2 aromatic rings. The van der Waals surface area contributed by atoms with Gasteiger partial charge in [-0.2, -0.15) is 0 Å². The summed E-state index contributed by atoms with van der Waals surface area (Å²) in [4.78, 5) is 40.2.